The van der Waals surface area contributed by atoms with E-state index in [-0.39, 0.29) is 23.8 Å². The standard InChI is InChI=1S/C30H33N3O6/c1-18-13-23(28(31)35)8-9-24(18)22-6-4-5-20(14-22)16-33-11-12-39-17-26(33)29(36)32-19(2)21-7-10-25(27(34)15-21)30(37)38-3/h4-10,13-15,19,26,34H,11-12,16-17H2,1-3H3,(H2,31,35)(H,32,36)/t19-,26+/m0/s1. The molecule has 1 heterocycles. The maximum Gasteiger partial charge on any atom is 0.341 e. The number of nitrogens with zero attached hydrogens (tertiary/aromatic N) is 1. The third kappa shape index (κ3) is 6.45. The Balaban J connectivity index is 1.47. The molecule has 3 aromatic rings. The van der Waals surface area contributed by atoms with Crippen molar-refractivity contribution in [2.45, 2.75) is 32.5 Å². The summed E-state index contributed by atoms with van der Waals surface area (Å²) in [6.45, 7) is 5.69. The van der Waals surface area contributed by atoms with Crippen molar-refractivity contribution in [1.29, 1.82) is 0 Å². The monoisotopic (exact) mass is 531 g/mol. The predicted octanol–water partition coefficient (Wildman–Crippen LogP) is 3.33. The van der Waals surface area contributed by atoms with Gasteiger partial charge in [-0.3, -0.25) is 14.5 Å². The van der Waals surface area contributed by atoms with Crippen molar-refractivity contribution in [3.05, 3.63) is 88.5 Å². The van der Waals surface area contributed by atoms with Crippen LogP contribution in [0.4, 0.5) is 0 Å². The number of methoxy groups -OCH3 is 1. The number of hydrogen-bond donors (Lipinski definition) is 3. The van der Waals surface area contributed by atoms with Crippen LogP contribution < -0.4 is 11.1 Å². The molecule has 0 bridgehead atoms. The van der Waals surface area contributed by atoms with Crippen molar-refractivity contribution in [2.24, 2.45) is 5.73 Å². The average molecular weight is 532 g/mol. The molecule has 204 valence electrons. The molecule has 0 spiro atoms. The summed E-state index contributed by atoms with van der Waals surface area (Å²) in [5, 5.41) is 13.2. The lowest BCUT2D eigenvalue weighted by molar-refractivity contribution is -0.133. The fourth-order valence-corrected chi connectivity index (χ4v) is 4.77. The zero-order valence-corrected chi connectivity index (χ0v) is 22.3. The van der Waals surface area contributed by atoms with Gasteiger partial charge in [0, 0.05) is 18.7 Å². The Morgan fingerprint density at radius 2 is 1.95 bits per heavy atom. The number of aryl methyl sites for hydroxylation is 1. The molecule has 4 N–H and O–H groups in total. The largest absolute Gasteiger partial charge is 0.507 e. The van der Waals surface area contributed by atoms with Crippen LogP contribution in [0.2, 0.25) is 0 Å². The van der Waals surface area contributed by atoms with E-state index >= 15 is 0 Å². The highest BCUT2D eigenvalue weighted by atomic mass is 16.5. The molecule has 0 aliphatic carbocycles. The zero-order chi connectivity index (χ0) is 28.1. The predicted molar refractivity (Wildman–Crippen MR) is 146 cm³/mol. The lowest BCUT2D eigenvalue weighted by Crippen LogP contribution is -2.53. The molecule has 39 heavy (non-hydrogen) atoms. The molecule has 2 amide bonds. The average Bonchev–Trinajstić information content (AvgIpc) is 2.92. The molecule has 1 fully saturated rings. The SMILES string of the molecule is COC(=O)c1ccc([C@H](C)NC(=O)[C@H]2COCCN2Cc2cccc(-c3ccc(C(N)=O)cc3C)c2)cc1O. The number of morpholine rings is 1. The third-order valence-corrected chi connectivity index (χ3v) is 6.96. The summed E-state index contributed by atoms with van der Waals surface area (Å²) in [5.41, 5.74) is 10.6. The highest BCUT2D eigenvalue weighted by Gasteiger charge is 2.30. The van der Waals surface area contributed by atoms with Crippen molar-refractivity contribution in [3.63, 3.8) is 0 Å². The lowest BCUT2D eigenvalue weighted by Gasteiger charge is -2.35. The van der Waals surface area contributed by atoms with E-state index in [2.05, 4.69) is 21.0 Å². The van der Waals surface area contributed by atoms with Crippen LogP contribution in [-0.2, 0) is 20.8 Å². The number of ether oxygens (including phenoxy) is 2. The molecule has 0 unspecified atom stereocenters. The fraction of sp³-hybridized carbons (Fsp3) is 0.300. The van der Waals surface area contributed by atoms with E-state index in [1.807, 2.05) is 38.1 Å². The number of nitrogens with one attached hydrogen (secondary N) is 1. The van der Waals surface area contributed by atoms with Gasteiger partial charge in [-0.2, -0.15) is 0 Å². The van der Waals surface area contributed by atoms with E-state index in [9.17, 15) is 19.5 Å². The van der Waals surface area contributed by atoms with Crippen LogP contribution in [-0.4, -0.2) is 60.7 Å². The molecular formula is C30H33N3O6. The van der Waals surface area contributed by atoms with Gasteiger partial charge >= 0.3 is 5.97 Å². The highest BCUT2D eigenvalue weighted by Crippen LogP contribution is 2.27. The second kappa shape index (κ2) is 12.1. The van der Waals surface area contributed by atoms with Gasteiger partial charge in [0.1, 0.15) is 17.4 Å². The number of nitrogens with two attached hydrogens (primary N) is 1. The molecule has 4 rings (SSSR count). The molecule has 1 saturated heterocycles. The van der Waals surface area contributed by atoms with Gasteiger partial charge in [-0.1, -0.05) is 30.3 Å². The van der Waals surface area contributed by atoms with Gasteiger partial charge in [0.15, 0.2) is 0 Å². The molecular weight excluding hydrogens is 498 g/mol. The maximum atomic E-state index is 13.3. The lowest BCUT2D eigenvalue weighted by atomic mass is 9.96. The zero-order valence-electron chi connectivity index (χ0n) is 22.3. The van der Waals surface area contributed by atoms with E-state index in [0.29, 0.717) is 30.8 Å². The summed E-state index contributed by atoms with van der Waals surface area (Å²) in [6.07, 6.45) is 0. The fourth-order valence-electron chi connectivity index (χ4n) is 4.77. The Hall–Kier alpha value is -4.21. The molecule has 1 aliphatic rings. The highest BCUT2D eigenvalue weighted by molar-refractivity contribution is 5.94. The molecule has 9 nitrogen and oxygen atoms in total. The second-order valence-electron chi connectivity index (χ2n) is 9.65. The molecule has 3 aromatic carbocycles. The van der Waals surface area contributed by atoms with Gasteiger partial charge in [0.05, 0.1) is 26.4 Å². The maximum absolute atomic E-state index is 13.3. The number of carbonyl (C=O) groups excluding carboxylic acids is 3. The second-order valence-corrected chi connectivity index (χ2v) is 9.65. The molecule has 0 aromatic heterocycles. The smallest absolute Gasteiger partial charge is 0.341 e. The summed E-state index contributed by atoms with van der Waals surface area (Å²) in [7, 11) is 1.25. The molecule has 1 aliphatic heterocycles. The van der Waals surface area contributed by atoms with Crippen LogP contribution in [0.15, 0.2) is 60.7 Å². The molecule has 0 saturated carbocycles. The van der Waals surface area contributed by atoms with Gasteiger partial charge < -0.3 is 25.6 Å². The minimum absolute atomic E-state index is 0.0628. The number of phenols is 1. The summed E-state index contributed by atoms with van der Waals surface area (Å²) in [4.78, 5) is 38.7. The van der Waals surface area contributed by atoms with E-state index in [1.165, 1.54) is 19.2 Å². The Morgan fingerprint density at radius 3 is 2.64 bits per heavy atom. The van der Waals surface area contributed by atoms with Crippen LogP contribution in [0, 0.1) is 6.92 Å². The number of carbonyl (C=O) groups is 3. The van der Waals surface area contributed by atoms with Crippen molar-refractivity contribution in [3.8, 4) is 16.9 Å². The van der Waals surface area contributed by atoms with Crippen LogP contribution in [0.25, 0.3) is 11.1 Å². The summed E-state index contributed by atoms with van der Waals surface area (Å²) < 4.78 is 10.3. The van der Waals surface area contributed by atoms with Crippen LogP contribution in [0.3, 0.4) is 0 Å². The molecule has 2 atom stereocenters. The van der Waals surface area contributed by atoms with Crippen LogP contribution in [0.5, 0.6) is 5.75 Å². The Bertz CT molecular complexity index is 1390. The minimum Gasteiger partial charge on any atom is -0.507 e. The number of phenolic OH excluding ortho intramolecular Hbond substituents is 1. The minimum atomic E-state index is -0.632. The number of amides is 2. The number of esters is 1. The summed E-state index contributed by atoms with van der Waals surface area (Å²) in [5.74, 6) is -1.48. The van der Waals surface area contributed by atoms with Gasteiger partial charge in [0.25, 0.3) is 0 Å². The van der Waals surface area contributed by atoms with Gasteiger partial charge in [-0.15, -0.1) is 0 Å². The molecule has 0 radical (unpaired) electrons. The summed E-state index contributed by atoms with van der Waals surface area (Å²) in [6, 6.07) is 17.2. The van der Waals surface area contributed by atoms with Crippen molar-refractivity contribution in [1.82, 2.24) is 10.2 Å². The Labute approximate surface area is 227 Å². The van der Waals surface area contributed by atoms with E-state index in [0.717, 1.165) is 22.3 Å². The number of hydrogen-bond acceptors (Lipinski definition) is 7. The van der Waals surface area contributed by atoms with Gasteiger partial charge in [-0.25, -0.2) is 4.79 Å². The first-order valence-corrected chi connectivity index (χ1v) is 12.7. The topological polar surface area (TPSA) is 131 Å². The first-order chi connectivity index (χ1) is 18.7. The van der Waals surface area contributed by atoms with Gasteiger partial charge in [-0.05, 0) is 72.0 Å². The van der Waals surface area contributed by atoms with Crippen molar-refractivity contribution >= 4 is 17.8 Å². The van der Waals surface area contributed by atoms with Crippen molar-refractivity contribution < 1.29 is 29.0 Å². The summed E-state index contributed by atoms with van der Waals surface area (Å²) >= 11 is 0. The van der Waals surface area contributed by atoms with E-state index < -0.39 is 24.0 Å². The van der Waals surface area contributed by atoms with Crippen molar-refractivity contribution in [2.75, 3.05) is 26.9 Å². The van der Waals surface area contributed by atoms with E-state index in [4.69, 9.17) is 10.5 Å². The van der Waals surface area contributed by atoms with Crippen LogP contribution in [0.1, 0.15) is 50.4 Å². The van der Waals surface area contributed by atoms with Crippen LogP contribution >= 0.6 is 0 Å². The number of primary amides is 1. The first-order valence-electron chi connectivity index (χ1n) is 12.7. The normalized spacial score (nSPS) is 16.3. The first kappa shape index (κ1) is 27.8. The van der Waals surface area contributed by atoms with E-state index in [1.54, 1.807) is 18.2 Å². The number of rotatable bonds is 8. The third-order valence-electron chi connectivity index (χ3n) is 6.96. The quantitative estimate of drug-likeness (QED) is 0.380. The Morgan fingerprint density at radius 1 is 1.15 bits per heavy atom. The van der Waals surface area contributed by atoms with Gasteiger partial charge in [0.2, 0.25) is 11.8 Å². The number of benzene rings is 3. The Kier molecular flexibility index (Phi) is 8.63. The number of aromatic hydroxyl groups is 1. The molecule has 9 heteroatoms.